The van der Waals surface area contributed by atoms with E-state index in [0.29, 0.717) is 5.56 Å². The minimum atomic E-state index is -0.846. The highest BCUT2D eigenvalue weighted by Crippen LogP contribution is 2.45. The average molecular weight is 292 g/mol. The first-order valence-corrected chi connectivity index (χ1v) is 7.32. The van der Waals surface area contributed by atoms with Crippen molar-refractivity contribution in [3.8, 4) is 0 Å². The molecule has 20 heavy (non-hydrogen) atoms. The third-order valence-electron chi connectivity index (χ3n) is 3.62. The van der Waals surface area contributed by atoms with Crippen molar-refractivity contribution in [2.45, 2.75) is 16.9 Å². The lowest BCUT2D eigenvalue weighted by Crippen LogP contribution is -2.32. The number of nitrogens with one attached hydrogen (secondary N) is 1. The zero-order valence-electron chi connectivity index (χ0n) is 10.6. The summed E-state index contributed by atoms with van der Waals surface area (Å²) in [5.41, 5.74) is 4.61. The summed E-state index contributed by atoms with van der Waals surface area (Å²) in [5, 5.41) is 0. The van der Waals surface area contributed by atoms with Crippen molar-refractivity contribution in [1.29, 1.82) is 0 Å². The molecule has 2 aromatic rings. The minimum absolute atomic E-state index is 0.145. The Bertz CT molecular complexity index is 633. The first-order chi connectivity index (χ1) is 9.70. The van der Waals surface area contributed by atoms with E-state index in [9.17, 15) is 8.78 Å². The van der Waals surface area contributed by atoms with Crippen molar-refractivity contribution in [1.82, 2.24) is 5.43 Å². The van der Waals surface area contributed by atoms with Crippen LogP contribution in [0.5, 0.6) is 0 Å². The lowest BCUT2D eigenvalue weighted by molar-refractivity contribution is 0.471. The molecule has 2 aromatic carbocycles. The van der Waals surface area contributed by atoms with Gasteiger partial charge in [-0.05, 0) is 29.3 Å². The normalized spacial score (nSPS) is 18.9. The molecule has 104 valence electrons. The van der Waals surface area contributed by atoms with Gasteiger partial charge < -0.3 is 0 Å². The predicted octanol–water partition coefficient (Wildman–Crippen LogP) is 3.36. The van der Waals surface area contributed by atoms with E-state index >= 15 is 0 Å². The van der Waals surface area contributed by atoms with Crippen molar-refractivity contribution >= 4 is 11.8 Å². The fraction of sp³-hybridized carbons (Fsp3) is 0.200. The topological polar surface area (TPSA) is 38.0 Å². The third-order valence-corrected chi connectivity index (χ3v) is 4.83. The summed E-state index contributed by atoms with van der Waals surface area (Å²) in [4.78, 5) is 1.22. The van der Waals surface area contributed by atoms with Crippen molar-refractivity contribution in [2.75, 3.05) is 5.75 Å². The average Bonchev–Trinajstić information content (AvgIpc) is 2.88. The Labute approximate surface area is 120 Å². The van der Waals surface area contributed by atoms with Crippen LogP contribution in [0.15, 0.2) is 47.4 Å². The second-order valence-electron chi connectivity index (χ2n) is 4.77. The van der Waals surface area contributed by atoms with Crippen LogP contribution in [-0.4, -0.2) is 5.75 Å². The number of nitrogens with two attached hydrogens (primary N) is 1. The fourth-order valence-electron chi connectivity index (χ4n) is 2.61. The molecule has 2 unspecified atom stereocenters. The van der Waals surface area contributed by atoms with Gasteiger partial charge in [-0.3, -0.25) is 11.3 Å². The molecular weight excluding hydrogens is 278 g/mol. The van der Waals surface area contributed by atoms with Crippen LogP contribution in [0.3, 0.4) is 0 Å². The SMILES string of the molecule is NNC(c1ccc(F)c(F)c1)C1CSc2ccccc21. The van der Waals surface area contributed by atoms with Crippen LogP contribution in [0.4, 0.5) is 8.78 Å². The maximum atomic E-state index is 13.4. The van der Waals surface area contributed by atoms with Crippen LogP contribution in [0, 0.1) is 11.6 Å². The Hall–Kier alpha value is -1.43. The molecule has 1 heterocycles. The number of fused-ring (bicyclic) bond motifs is 1. The lowest BCUT2D eigenvalue weighted by Gasteiger charge is -2.23. The maximum absolute atomic E-state index is 13.4. The molecule has 0 amide bonds. The molecule has 3 N–H and O–H groups in total. The highest BCUT2D eigenvalue weighted by atomic mass is 32.2. The largest absolute Gasteiger partial charge is 0.271 e. The lowest BCUT2D eigenvalue weighted by atomic mass is 9.89. The summed E-state index contributed by atoms with van der Waals surface area (Å²) in [5.74, 6) is 4.98. The molecule has 0 aromatic heterocycles. The molecule has 0 saturated carbocycles. The van der Waals surface area contributed by atoms with Gasteiger partial charge in [0.2, 0.25) is 0 Å². The second kappa shape index (κ2) is 5.52. The molecule has 0 bridgehead atoms. The van der Waals surface area contributed by atoms with E-state index < -0.39 is 11.6 Å². The van der Waals surface area contributed by atoms with E-state index in [2.05, 4.69) is 17.6 Å². The van der Waals surface area contributed by atoms with Gasteiger partial charge in [-0.25, -0.2) is 8.78 Å². The fourth-order valence-corrected chi connectivity index (χ4v) is 3.91. The van der Waals surface area contributed by atoms with Gasteiger partial charge in [-0.1, -0.05) is 24.3 Å². The summed E-state index contributed by atoms with van der Waals surface area (Å²) in [6, 6.07) is 11.8. The first-order valence-electron chi connectivity index (χ1n) is 6.33. The van der Waals surface area contributed by atoms with Crippen molar-refractivity contribution in [2.24, 2.45) is 5.84 Å². The Morgan fingerprint density at radius 1 is 1.15 bits per heavy atom. The number of thioether (sulfide) groups is 1. The molecule has 0 aliphatic carbocycles. The van der Waals surface area contributed by atoms with Crippen LogP contribution in [-0.2, 0) is 0 Å². The van der Waals surface area contributed by atoms with E-state index in [-0.39, 0.29) is 12.0 Å². The van der Waals surface area contributed by atoms with Crippen LogP contribution in [0.2, 0.25) is 0 Å². The monoisotopic (exact) mass is 292 g/mol. The third kappa shape index (κ3) is 2.32. The summed E-state index contributed by atoms with van der Waals surface area (Å²) in [6.07, 6.45) is 0. The van der Waals surface area contributed by atoms with Gasteiger partial charge in [-0.2, -0.15) is 0 Å². The van der Waals surface area contributed by atoms with Crippen molar-refractivity contribution in [3.05, 3.63) is 65.2 Å². The summed E-state index contributed by atoms with van der Waals surface area (Å²) < 4.78 is 26.5. The molecule has 0 fully saturated rings. The number of rotatable bonds is 3. The molecule has 2 nitrogen and oxygen atoms in total. The maximum Gasteiger partial charge on any atom is 0.159 e. The van der Waals surface area contributed by atoms with Crippen LogP contribution in [0.25, 0.3) is 0 Å². The molecule has 0 saturated heterocycles. The predicted molar refractivity (Wildman–Crippen MR) is 76.3 cm³/mol. The molecule has 1 aliphatic rings. The number of hydrazine groups is 1. The van der Waals surface area contributed by atoms with Crippen LogP contribution in [0.1, 0.15) is 23.1 Å². The van der Waals surface area contributed by atoms with Crippen molar-refractivity contribution < 1.29 is 8.78 Å². The Balaban J connectivity index is 1.97. The molecule has 0 spiro atoms. The Morgan fingerprint density at radius 3 is 2.70 bits per heavy atom. The van der Waals surface area contributed by atoms with Gasteiger partial charge in [0.1, 0.15) is 0 Å². The van der Waals surface area contributed by atoms with Gasteiger partial charge in [0.05, 0.1) is 6.04 Å². The molecule has 0 radical (unpaired) electrons. The molecular formula is C15H14F2N2S. The van der Waals surface area contributed by atoms with Gasteiger partial charge >= 0.3 is 0 Å². The van der Waals surface area contributed by atoms with Gasteiger partial charge in [0.15, 0.2) is 11.6 Å². The van der Waals surface area contributed by atoms with Crippen LogP contribution < -0.4 is 11.3 Å². The van der Waals surface area contributed by atoms with Gasteiger partial charge in [0.25, 0.3) is 0 Å². The molecule has 1 aliphatic heterocycles. The van der Waals surface area contributed by atoms with E-state index in [1.807, 2.05) is 12.1 Å². The number of hydrogen-bond donors (Lipinski definition) is 2. The smallest absolute Gasteiger partial charge is 0.159 e. The zero-order valence-corrected chi connectivity index (χ0v) is 11.5. The van der Waals surface area contributed by atoms with Crippen LogP contribution >= 0.6 is 11.8 Å². The number of benzene rings is 2. The summed E-state index contributed by atoms with van der Waals surface area (Å²) in [6.45, 7) is 0. The second-order valence-corrected chi connectivity index (χ2v) is 5.84. The highest BCUT2D eigenvalue weighted by molar-refractivity contribution is 7.99. The first kappa shape index (κ1) is 13.5. The van der Waals surface area contributed by atoms with E-state index in [1.54, 1.807) is 17.8 Å². The summed E-state index contributed by atoms with van der Waals surface area (Å²) in [7, 11) is 0. The van der Waals surface area contributed by atoms with E-state index in [1.165, 1.54) is 16.5 Å². The number of halogens is 2. The van der Waals surface area contributed by atoms with Crippen molar-refractivity contribution in [3.63, 3.8) is 0 Å². The highest BCUT2D eigenvalue weighted by Gasteiger charge is 2.31. The Morgan fingerprint density at radius 2 is 1.95 bits per heavy atom. The Kier molecular flexibility index (Phi) is 3.74. The summed E-state index contributed by atoms with van der Waals surface area (Å²) >= 11 is 1.76. The van der Waals surface area contributed by atoms with Gasteiger partial charge in [-0.15, -0.1) is 11.8 Å². The van der Waals surface area contributed by atoms with E-state index in [4.69, 9.17) is 5.84 Å². The van der Waals surface area contributed by atoms with Gasteiger partial charge in [0, 0.05) is 16.6 Å². The molecule has 5 heteroatoms. The van der Waals surface area contributed by atoms with E-state index in [0.717, 1.165) is 11.8 Å². The zero-order chi connectivity index (χ0) is 14.1. The standard InChI is InChI=1S/C15H14F2N2S/c16-12-6-5-9(7-13(12)17)15(19-18)11-8-20-14-4-2-1-3-10(11)14/h1-7,11,15,19H,8,18H2. The molecule has 2 atom stereocenters. The number of hydrogen-bond acceptors (Lipinski definition) is 3. The minimum Gasteiger partial charge on any atom is -0.271 e. The molecule has 3 rings (SSSR count). The quantitative estimate of drug-likeness (QED) is 0.673.